The molecule has 1 heterocycles. The summed E-state index contributed by atoms with van der Waals surface area (Å²) in [6, 6.07) is 0. The molecular weight excluding hydrogens is 218 g/mol. The van der Waals surface area contributed by atoms with Gasteiger partial charge in [-0.3, -0.25) is 9.59 Å². The van der Waals surface area contributed by atoms with Gasteiger partial charge in [0.25, 0.3) is 0 Å². The van der Waals surface area contributed by atoms with Crippen molar-refractivity contribution >= 4 is 11.8 Å². The van der Waals surface area contributed by atoms with Crippen LogP contribution in [0.4, 0.5) is 0 Å². The van der Waals surface area contributed by atoms with E-state index in [0.29, 0.717) is 38.5 Å². The van der Waals surface area contributed by atoms with Crippen molar-refractivity contribution in [3.05, 3.63) is 0 Å². The summed E-state index contributed by atoms with van der Waals surface area (Å²) in [5.41, 5.74) is 5.71. The summed E-state index contributed by atoms with van der Waals surface area (Å²) >= 11 is 0. The van der Waals surface area contributed by atoms with Gasteiger partial charge in [0.15, 0.2) is 0 Å². The third kappa shape index (κ3) is 2.77. The number of rotatable bonds is 2. The minimum Gasteiger partial charge on any atom is -0.354 e. The summed E-state index contributed by atoms with van der Waals surface area (Å²) in [6.07, 6.45) is 3.55. The quantitative estimate of drug-likeness (QED) is 0.695. The molecule has 0 aromatic rings. The van der Waals surface area contributed by atoms with Crippen LogP contribution in [0.1, 0.15) is 25.7 Å². The van der Waals surface area contributed by atoms with E-state index >= 15 is 0 Å². The number of carbonyl (C=O) groups is 2. The molecule has 1 saturated heterocycles. The molecule has 0 aromatic heterocycles. The molecule has 0 bridgehead atoms. The number of nitrogens with one attached hydrogen (secondary N) is 1. The van der Waals surface area contributed by atoms with E-state index < -0.39 is 0 Å². The average Bonchev–Trinajstić information content (AvgIpc) is 2.70. The number of carbonyl (C=O) groups excluding carboxylic acids is 2. The third-order valence-electron chi connectivity index (χ3n) is 3.90. The number of hydrogen-bond acceptors (Lipinski definition) is 3. The lowest BCUT2D eigenvalue weighted by Gasteiger charge is -2.26. The summed E-state index contributed by atoms with van der Waals surface area (Å²) in [5, 5.41) is 2.79. The second kappa shape index (κ2) is 5.49. The van der Waals surface area contributed by atoms with Crippen LogP contribution in [-0.2, 0) is 9.59 Å². The Labute approximate surface area is 102 Å². The van der Waals surface area contributed by atoms with Crippen LogP contribution in [0, 0.1) is 11.8 Å². The van der Waals surface area contributed by atoms with Gasteiger partial charge >= 0.3 is 0 Å². The van der Waals surface area contributed by atoms with Gasteiger partial charge in [-0.05, 0) is 25.3 Å². The van der Waals surface area contributed by atoms with Crippen molar-refractivity contribution in [2.75, 3.05) is 26.2 Å². The highest BCUT2D eigenvalue weighted by Crippen LogP contribution is 2.32. The van der Waals surface area contributed by atoms with Crippen molar-refractivity contribution in [1.82, 2.24) is 10.2 Å². The Morgan fingerprint density at radius 2 is 2.24 bits per heavy atom. The van der Waals surface area contributed by atoms with E-state index in [4.69, 9.17) is 5.73 Å². The molecule has 0 aromatic carbocycles. The minimum atomic E-state index is 0.0436. The summed E-state index contributed by atoms with van der Waals surface area (Å²) in [7, 11) is 0. The summed E-state index contributed by atoms with van der Waals surface area (Å²) < 4.78 is 0. The zero-order valence-corrected chi connectivity index (χ0v) is 10.2. The van der Waals surface area contributed by atoms with Crippen molar-refractivity contribution in [2.45, 2.75) is 25.7 Å². The van der Waals surface area contributed by atoms with Gasteiger partial charge in [-0.2, -0.15) is 0 Å². The number of hydrogen-bond donors (Lipinski definition) is 2. The first kappa shape index (κ1) is 12.4. The zero-order valence-electron chi connectivity index (χ0n) is 10.2. The highest BCUT2D eigenvalue weighted by Gasteiger charge is 2.34. The van der Waals surface area contributed by atoms with E-state index in [1.165, 1.54) is 0 Å². The second-order valence-corrected chi connectivity index (χ2v) is 4.96. The molecule has 5 heteroatoms. The Morgan fingerprint density at radius 3 is 3.00 bits per heavy atom. The molecule has 1 aliphatic carbocycles. The van der Waals surface area contributed by atoms with Gasteiger partial charge in [0.05, 0.1) is 0 Å². The van der Waals surface area contributed by atoms with Crippen LogP contribution in [-0.4, -0.2) is 42.9 Å². The number of nitrogens with zero attached hydrogens (tertiary/aromatic N) is 1. The smallest absolute Gasteiger partial charge is 0.226 e. The Balaban J connectivity index is 1.96. The van der Waals surface area contributed by atoms with Crippen LogP contribution in [0.15, 0.2) is 0 Å². The topological polar surface area (TPSA) is 75.4 Å². The van der Waals surface area contributed by atoms with E-state index in [2.05, 4.69) is 5.32 Å². The molecule has 1 aliphatic heterocycles. The van der Waals surface area contributed by atoms with Gasteiger partial charge in [0.2, 0.25) is 11.8 Å². The van der Waals surface area contributed by atoms with Crippen LogP contribution in [0.5, 0.6) is 0 Å². The zero-order chi connectivity index (χ0) is 12.3. The maximum absolute atomic E-state index is 12.4. The molecule has 17 heavy (non-hydrogen) atoms. The third-order valence-corrected chi connectivity index (χ3v) is 3.90. The maximum Gasteiger partial charge on any atom is 0.226 e. The van der Waals surface area contributed by atoms with Gasteiger partial charge < -0.3 is 16.0 Å². The van der Waals surface area contributed by atoms with Gasteiger partial charge in [0, 0.05) is 32.0 Å². The first-order valence-corrected chi connectivity index (χ1v) is 6.48. The lowest BCUT2D eigenvalue weighted by molar-refractivity contribution is -0.136. The monoisotopic (exact) mass is 239 g/mol. The molecule has 0 spiro atoms. The standard InChI is InChI=1S/C12H21N3O2/c13-8-9-2-1-3-10(9)12(17)15-6-4-11(16)14-5-7-15/h9-10H,1-8,13H2,(H,14,16). The molecule has 1 saturated carbocycles. The first-order valence-electron chi connectivity index (χ1n) is 6.48. The molecule has 2 atom stereocenters. The largest absolute Gasteiger partial charge is 0.354 e. The lowest BCUT2D eigenvalue weighted by Crippen LogP contribution is -2.40. The van der Waals surface area contributed by atoms with Gasteiger partial charge in [-0.15, -0.1) is 0 Å². The van der Waals surface area contributed by atoms with Crippen molar-refractivity contribution in [1.29, 1.82) is 0 Å². The molecule has 2 fully saturated rings. The van der Waals surface area contributed by atoms with E-state index in [1.807, 2.05) is 4.90 Å². The highest BCUT2D eigenvalue weighted by atomic mass is 16.2. The Bertz CT molecular complexity index is 306. The van der Waals surface area contributed by atoms with E-state index in [1.54, 1.807) is 0 Å². The predicted molar refractivity (Wildman–Crippen MR) is 64.1 cm³/mol. The van der Waals surface area contributed by atoms with E-state index in [9.17, 15) is 9.59 Å². The molecule has 2 aliphatic rings. The maximum atomic E-state index is 12.4. The first-order chi connectivity index (χ1) is 8.22. The van der Waals surface area contributed by atoms with Crippen LogP contribution in [0.25, 0.3) is 0 Å². The van der Waals surface area contributed by atoms with Crippen molar-refractivity contribution < 1.29 is 9.59 Å². The molecule has 2 amide bonds. The Hall–Kier alpha value is -1.10. The second-order valence-electron chi connectivity index (χ2n) is 4.96. The van der Waals surface area contributed by atoms with E-state index in [0.717, 1.165) is 19.3 Å². The molecule has 2 unspecified atom stereocenters. The van der Waals surface area contributed by atoms with E-state index in [-0.39, 0.29) is 17.7 Å². The summed E-state index contributed by atoms with van der Waals surface area (Å²) in [5.74, 6) is 0.680. The minimum absolute atomic E-state index is 0.0436. The molecule has 5 nitrogen and oxygen atoms in total. The van der Waals surface area contributed by atoms with Crippen molar-refractivity contribution in [2.24, 2.45) is 17.6 Å². The molecule has 3 N–H and O–H groups in total. The fourth-order valence-electron chi connectivity index (χ4n) is 2.87. The summed E-state index contributed by atoms with van der Waals surface area (Å²) in [6.45, 7) is 2.36. The molecule has 0 radical (unpaired) electrons. The van der Waals surface area contributed by atoms with Gasteiger partial charge in [0.1, 0.15) is 0 Å². The molecular formula is C12H21N3O2. The van der Waals surface area contributed by atoms with Crippen LogP contribution in [0.2, 0.25) is 0 Å². The Kier molecular flexibility index (Phi) is 3.99. The van der Waals surface area contributed by atoms with Gasteiger partial charge in [-0.25, -0.2) is 0 Å². The normalized spacial score (nSPS) is 29.9. The molecule has 96 valence electrons. The van der Waals surface area contributed by atoms with Crippen molar-refractivity contribution in [3.63, 3.8) is 0 Å². The van der Waals surface area contributed by atoms with Crippen molar-refractivity contribution in [3.8, 4) is 0 Å². The fourth-order valence-corrected chi connectivity index (χ4v) is 2.87. The fraction of sp³-hybridized carbons (Fsp3) is 0.833. The SMILES string of the molecule is NCC1CCCC1C(=O)N1CCNC(=O)CC1. The Morgan fingerprint density at radius 1 is 1.41 bits per heavy atom. The van der Waals surface area contributed by atoms with Gasteiger partial charge in [-0.1, -0.05) is 6.42 Å². The number of nitrogens with two attached hydrogens (primary N) is 1. The molecule has 2 rings (SSSR count). The highest BCUT2D eigenvalue weighted by molar-refractivity contribution is 5.82. The lowest BCUT2D eigenvalue weighted by atomic mass is 9.94. The predicted octanol–water partition coefficient (Wildman–Crippen LogP) is -0.290. The van der Waals surface area contributed by atoms with Crippen LogP contribution in [0.3, 0.4) is 0 Å². The number of amides is 2. The van der Waals surface area contributed by atoms with Crippen LogP contribution >= 0.6 is 0 Å². The summed E-state index contributed by atoms with van der Waals surface area (Å²) in [4.78, 5) is 25.4. The van der Waals surface area contributed by atoms with Crippen LogP contribution < -0.4 is 11.1 Å². The average molecular weight is 239 g/mol.